The molecule has 31 heavy (non-hydrogen) atoms. The summed E-state index contributed by atoms with van der Waals surface area (Å²) in [5, 5.41) is 9.41. The van der Waals surface area contributed by atoms with E-state index in [-0.39, 0.29) is 18.6 Å². The summed E-state index contributed by atoms with van der Waals surface area (Å²) in [4.78, 5) is 25.9. The lowest BCUT2D eigenvalue weighted by molar-refractivity contribution is -0.159. The average Bonchev–Trinajstić information content (AvgIpc) is 2.82. The lowest BCUT2D eigenvalue weighted by Gasteiger charge is -2.38. The van der Waals surface area contributed by atoms with Gasteiger partial charge >= 0.3 is 0 Å². The SMILES string of the molecule is CN(C(=O)C1COCCO1)C1CCN(c2cnc3cc(Cl)c(C#CCO)cc3n2)CC1. The quantitative estimate of drug-likeness (QED) is 0.717. The zero-order valence-electron chi connectivity index (χ0n) is 17.4. The van der Waals surface area contributed by atoms with Crippen molar-refractivity contribution in [2.24, 2.45) is 0 Å². The highest BCUT2D eigenvalue weighted by atomic mass is 35.5. The average molecular weight is 445 g/mol. The Morgan fingerprint density at radius 3 is 2.84 bits per heavy atom. The standard InChI is InChI=1S/C22H25ClN4O4/c1-26(22(29)20-14-30-9-10-31-20)16-4-6-27(7-5-16)21-13-24-18-12-17(23)15(3-2-8-28)11-19(18)25-21/h11-13,16,20,28H,4-10,14H2,1H3. The number of carbonyl (C=O) groups is 1. The van der Waals surface area contributed by atoms with Crippen LogP contribution in [0.1, 0.15) is 18.4 Å². The largest absolute Gasteiger partial charge is 0.384 e. The van der Waals surface area contributed by atoms with E-state index in [1.165, 1.54) is 0 Å². The first-order chi connectivity index (χ1) is 15.1. The van der Waals surface area contributed by atoms with Crippen LogP contribution in [-0.4, -0.2) is 84.6 Å². The molecule has 2 saturated heterocycles. The second kappa shape index (κ2) is 9.79. The number of nitrogens with zero attached hydrogens (tertiary/aromatic N) is 4. The number of anilines is 1. The summed E-state index contributed by atoms with van der Waals surface area (Å²) in [7, 11) is 1.84. The Morgan fingerprint density at radius 2 is 2.13 bits per heavy atom. The fraction of sp³-hybridized carbons (Fsp3) is 0.500. The number of piperidine rings is 1. The van der Waals surface area contributed by atoms with Crippen molar-refractivity contribution in [3.63, 3.8) is 0 Å². The smallest absolute Gasteiger partial charge is 0.254 e. The number of aliphatic hydroxyl groups is 1. The number of carbonyl (C=O) groups excluding carboxylic acids is 1. The van der Waals surface area contributed by atoms with Gasteiger partial charge in [-0.25, -0.2) is 4.98 Å². The summed E-state index contributed by atoms with van der Waals surface area (Å²) in [6, 6.07) is 3.68. The third-order valence-electron chi connectivity index (χ3n) is 5.70. The van der Waals surface area contributed by atoms with Crippen molar-refractivity contribution in [2.45, 2.75) is 25.0 Å². The van der Waals surface area contributed by atoms with Gasteiger partial charge in [-0.05, 0) is 25.0 Å². The summed E-state index contributed by atoms with van der Waals surface area (Å²) >= 11 is 6.24. The number of ether oxygens (including phenoxy) is 2. The molecule has 0 spiro atoms. The summed E-state index contributed by atoms with van der Waals surface area (Å²) < 4.78 is 10.9. The van der Waals surface area contributed by atoms with E-state index in [0.717, 1.165) is 31.7 Å². The van der Waals surface area contributed by atoms with Gasteiger partial charge in [-0.1, -0.05) is 23.4 Å². The van der Waals surface area contributed by atoms with Gasteiger partial charge in [0, 0.05) is 31.7 Å². The van der Waals surface area contributed by atoms with Crippen molar-refractivity contribution in [1.29, 1.82) is 0 Å². The zero-order chi connectivity index (χ0) is 21.8. The highest BCUT2D eigenvalue weighted by Gasteiger charge is 2.31. The van der Waals surface area contributed by atoms with Crippen molar-refractivity contribution in [2.75, 3.05) is 51.5 Å². The molecule has 1 aromatic heterocycles. The van der Waals surface area contributed by atoms with E-state index in [9.17, 15) is 4.79 Å². The molecular weight excluding hydrogens is 420 g/mol. The maximum absolute atomic E-state index is 12.7. The number of aliphatic hydroxyl groups excluding tert-OH is 1. The van der Waals surface area contributed by atoms with E-state index < -0.39 is 6.10 Å². The Hall–Kier alpha value is -2.44. The summed E-state index contributed by atoms with van der Waals surface area (Å²) in [5.41, 5.74) is 2.01. The van der Waals surface area contributed by atoms with Gasteiger partial charge < -0.3 is 24.4 Å². The molecule has 2 aromatic rings. The van der Waals surface area contributed by atoms with Crippen LogP contribution in [0.25, 0.3) is 11.0 Å². The number of halogens is 1. The van der Waals surface area contributed by atoms with Gasteiger partial charge in [0.1, 0.15) is 12.4 Å². The van der Waals surface area contributed by atoms with Crippen LogP contribution in [0, 0.1) is 11.8 Å². The van der Waals surface area contributed by atoms with Gasteiger partial charge in [0.2, 0.25) is 0 Å². The number of hydrogen-bond donors (Lipinski definition) is 1. The first-order valence-electron chi connectivity index (χ1n) is 10.3. The lowest BCUT2D eigenvalue weighted by Crippen LogP contribution is -2.51. The van der Waals surface area contributed by atoms with E-state index >= 15 is 0 Å². The van der Waals surface area contributed by atoms with E-state index in [4.69, 9.17) is 31.2 Å². The maximum Gasteiger partial charge on any atom is 0.254 e. The van der Waals surface area contributed by atoms with Crippen LogP contribution in [-0.2, 0) is 14.3 Å². The second-order valence-corrected chi connectivity index (χ2v) is 8.02. The number of benzene rings is 1. The number of fused-ring (bicyclic) bond motifs is 1. The van der Waals surface area contributed by atoms with Gasteiger partial charge in [-0.2, -0.15) is 0 Å². The highest BCUT2D eigenvalue weighted by molar-refractivity contribution is 6.32. The predicted molar refractivity (Wildman–Crippen MR) is 117 cm³/mol. The Labute approximate surface area is 186 Å². The number of aromatic nitrogens is 2. The monoisotopic (exact) mass is 444 g/mol. The minimum absolute atomic E-state index is 0.0166. The molecule has 2 fully saturated rings. The van der Waals surface area contributed by atoms with Gasteiger partial charge in [0.25, 0.3) is 5.91 Å². The molecule has 4 rings (SSSR count). The van der Waals surface area contributed by atoms with Crippen molar-refractivity contribution in [3.05, 3.63) is 28.9 Å². The minimum Gasteiger partial charge on any atom is -0.384 e. The van der Waals surface area contributed by atoms with Crippen LogP contribution in [0.5, 0.6) is 0 Å². The molecule has 2 aliphatic rings. The molecule has 2 aliphatic heterocycles. The number of hydrogen-bond acceptors (Lipinski definition) is 7. The maximum atomic E-state index is 12.7. The molecule has 0 radical (unpaired) electrons. The van der Waals surface area contributed by atoms with Crippen LogP contribution >= 0.6 is 11.6 Å². The Balaban J connectivity index is 1.43. The summed E-state index contributed by atoms with van der Waals surface area (Å²) in [6.07, 6.45) is 2.92. The van der Waals surface area contributed by atoms with Gasteiger partial charge in [-0.3, -0.25) is 9.78 Å². The predicted octanol–water partition coefficient (Wildman–Crippen LogP) is 1.47. The Bertz CT molecular complexity index is 1010. The molecule has 3 heterocycles. The van der Waals surface area contributed by atoms with Gasteiger partial charge in [0.05, 0.1) is 42.1 Å². The van der Waals surface area contributed by atoms with Gasteiger partial charge in [0.15, 0.2) is 6.10 Å². The van der Waals surface area contributed by atoms with Crippen LogP contribution < -0.4 is 4.90 Å². The van der Waals surface area contributed by atoms with Crippen molar-refractivity contribution >= 4 is 34.4 Å². The molecular formula is C22H25ClN4O4. The molecule has 8 nitrogen and oxygen atoms in total. The van der Waals surface area contributed by atoms with E-state index in [0.29, 0.717) is 41.4 Å². The highest BCUT2D eigenvalue weighted by Crippen LogP contribution is 2.25. The van der Waals surface area contributed by atoms with Crippen LogP contribution in [0.4, 0.5) is 5.82 Å². The van der Waals surface area contributed by atoms with Gasteiger partial charge in [-0.15, -0.1) is 0 Å². The summed E-state index contributed by atoms with van der Waals surface area (Å²) in [6.45, 7) is 2.64. The molecule has 1 N–H and O–H groups in total. The molecule has 0 aliphatic carbocycles. The lowest BCUT2D eigenvalue weighted by atomic mass is 10.0. The van der Waals surface area contributed by atoms with E-state index in [1.54, 1.807) is 23.2 Å². The van der Waals surface area contributed by atoms with Crippen molar-refractivity contribution in [1.82, 2.24) is 14.9 Å². The molecule has 9 heteroatoms. The molecule has 164 valence electrons. The third-order valence-corrected chi connectivity index (χ3v) is 6.01. The van der Waals surface area contributed by atoms with Crippen molar-refractivity contribution < 1.29 is 19.4 Å². The first-order valence-corrected chi connectivity index (χ1v) is 10.7. The normalized spacial score (nSPS) is 19.7. The molecule has 1 atom stereocenters. The van der Waals surface area contributed by atoms with Crippen molar-refractivity contribution in [3.8, 4) is 11.8 Å². The second-order valence-electron chi connectivity index (χ2n) is 7.61. The number of rotatable bonds is 3. The Kier molecular flexibility index (Phi) is 6.88. The first kappa shape index (κ1) is 21.8. The third kappa shape index (κ3) is 4.91. The van der Waals surface area contributed by atoms with E-state index in [2.05, 4.69) is 21.7 Å². The van der Waals surface area contributed by atoms with E-state index in [1.807, 2.05) is 7.05 Å². The van der Waals surface area contributed by atoms with Crippen LogP contribution in [0.2, 0.25) is 5.02 Å². The molecule has 1 amide bonds. The van der Waals surface area contributed by atoms with Crippen LogP contribution in [0.15, 0.2) is 18.3 Å². The fourth-order valence-corrected chi connectivity index (χ4v) is 4.13. The fourth-order valence-electron chi connectivity index (χ4n) is 3.93. The van der Waals surface area contributed by atoms with Crippen LogP contribution in [0.3, 0.4) is 0 Å². The molecule has 1 unspecified atom stereocenters. The summed E-state index contributed by atoms with van der Waals surface area (Å²) in [5.74, 6) is 6.22. The topological polar surface area (TPSA) is 88.0 Å². The zero-order valence-corrected chi connectivity index (χ0v) is 18.1. The minimum atomic E-state index is -0.502. The molecule has 0 saturated carbocycles. The Morgan fingerprint density at radius 1 is 1.32 bits per heavy atom. The number of likely N-dealkylation sites (N-methyl/N-ethyl adjacent to an activating group) is 1. The molecule has 1 aromatic carbocycles. The number of amides is 1. The molecule has 0 bridgehead atoms.